The molecule has 0 bridgehead atoms. The number of ether oxygens (including phenoxy) is 1. The van der Waals surface area contributed by atoms with Gasteiger partial charge in [-0.2, -0.15) is 0 Å². The van der Waals surface area contributed by atoms with Crippen LogP contribution in [-0.2, 0) is 11.2 Å². The molecule has 0 saturated carbocycles. The zero-order valence-electron chi connectivity index (χ0n) is 32.7. The van der Waals surface area contributed by atoms with Crippen molar-refractivity contribution >= 4 is 29.5 Å². The zero-order chi connectivity index (χ0) is 39.0. The first-order valence-electron chi connectivity index (χ1n) is 18.6. The number of nitrogens with zero attached hydrogens (tertiary/aromatic N) is 3. The van der Waals surface area contributed by atoms with E-state index < -0.39 is 0 Å². The van der Waals surface area contributed by atoms with E-state index in [1.807, 2.05) is 106 Å². The van der Waals surface area contributed by atoms with E-state index in [0.29, 0.717) is 42.5 Å². The third kappa shape index (κ3) is 13.8. The van der Waals surface area contributed by atoms with Gasteiger partial charge in [0.05, 0.1) is 6.26 Å². The van der Waals surface area contributed by atoms with E-state index >= 15 is 0 Å². The molecule has 0 saturated heterocycles. The van der Waals surface area contributed by atoms with Crippen molar-refractivity contribution in [2.24, 2.45) is 15.0 Å². The molecule has 1 aliphatic heterocycles. The summed E-state index contributed by atoms with van der Waals surface area (Å²) in [5.74, 6) is 2.50. The molecule has 0 spiro atoms. The third-order valence-electron chi connectivity index (χ3n) is 7.91. The van der Waals surface area contributed by atoms with Gasteiger partial charge in [-0.3, -0.25) is 4.99 Å². The Hall–Kier alpha value is -6.07. The van der Waals surface area contributed by atoms with Crippen LogP contribution in [-0.4, -0.2) is 31.5 Å². The number of benzene rings is 1. The Morgan fingerprint density at radius 2 is 1.81 bits per heavy atom. The van der Waals surface area contributed by atoms with Gasteiger partial charge in [0.2, 0.25) is 0 Å². The van der Waals surface area contributed by atoms with E-state index in [1.165, 1.54) is 0 Å². The first-order valence-corrected chi connectivity index (χ1v) is 18.6. The fraction of sp³-hybridized carbons (Fsp3) is 0.204. The lowest BCUT2D eigenvalue weighted by molar-refractivity contribution is 0.286. The maximum Gasteiger partial charge on any atom is 0.161 e. The second kappa shape index (κ2) is 24.2. The van der Waals surface area contributed by atoms with Gasteiger partial charge in [0.25, 0.3) is 0 Å². The number of hydrogen-bond acceptors (Lipinski definition) is 3. The van der Waals surface area contributed by atoms with E-state index in [4.69, 9.17) is 19.1 Å². The maximum absolute atomic E-state index is 6.56. The highest BCUT2D eigenvalue weighted by atomic mass is 16.5. The van der Waals surface area contributed by atoms with Crippen molar-refractivity contribution in [1.29, 1.82) is 0 Å². The number of rotatable bonds is 12. The summed E-state index contributed by atoms with van der Waals surface area (Å²) in [5, 5.41) is 0. The SMILES string of the molecule is C=CCc1oc(C(=C\C(=C)C(=NC)N=C(N=CC2=CC=CCC=C2)c2ccccc2)/C(/C=C\C2=C\OC/C=C\C=C/C(=C)C2)=C/C)cc1/C=C\CC.CC. The van der Waals surface area contributed by atoms with E-state index in [2.05, 4.69) is 86.3 Å². The van der Waals surface area contributed by atoms with Crippen molar-refractivity contribution < 1.29 is 9.15 Å². The van der Waals surface area contributed by atoms with Crippen LogP contribution in [0.4, 0.5) is 0 Å². The Kier molecular flexibility index (Phi) is 19.0. The summed E-state index contributed by atoms with van der Waals surface area (Å²) in [6, 6.07) is 12.0. The molecule has 54 heavy (non-hydrogen) atoms. The molecule has 2 heterocycles. The molecule has 1 aliphatic carbocycles. The summed E-state index contributed by atoms with van der Waals surface area (Å²) in [5.41, 5.74) is 7.17. The van der Waals surface area contributed by atoms with Gasteiger partial charge in [-0.05, 0) is 61.1 Å². The van der Waals surface area contributed by atoms with Crippen LogP contribution in [0.25, 0.3) is 11.6 Å². The van der Waals surface area contributed by atoms with Crippen molar-refractivity contribution in [2.75, 3.05) is 13.7 Å². The Bertz CT molecular complexity index is 1990. The van der Waals surface area contributed by atoms with Gasteiger partial charge in [-0.25, -0.2) is 9.98 Å². The molecule has 0 unspecified atom stereocenters. The van der Waals surface area contributed by atoms with Gasteiger partial charge < -0.3 is 9.15 Å². The van der Waals surface area contributed by atoms with Crippen LogP contribution in [0.2, 0.25) is 0 Å². The van der Waals surface area contributed by atoms with Gasteiger partial charge >= 0.3 is 0 Å². The van der Waals surface area contributed by atoms with Crippen LogP contribution in [0.1, 0.15) is 69.6 Å². The second-order valence-electron chi connectivity index (χ2n) is 11.9. The summed E-state index contributed by atoms with van der Waals surface area (Å²) in [6.07, 6.45) is 39.2. The van der Waals surface area contributed by atoms with E-state index in [9.17, 15) is 0 Å². The van der Waals surface area contributed by atoms with Crippen molar-refractivity contribution in [3.63, 3.8) is 0 Å². The van der Waals surface area contributed by atoms with Gasteiger partial charge in [-0.15, -0.1) is 6.58 Å². The zero-order valence-corrected chi connectivity index (χ0v) is 32.7. The average Bonchev–Trinajstić information content (AvgIpc) is 3.40. The Labute approximate surface area is 323 Å². The van der Waals surface area contributed by atoms with Crippen LogP contribution in [0.5, 0.6) is 0 Å². The van der Waals surface area contributed by atoms with Gasteiger partial charge in [0, 0.05) is 42.0 Å². The molecule has 0 N–H and O–H groups in total. The van der Waals surface area contributed by atoms with Crippen molar-refractivity contribution in [3.05, 3.63) is 204 Å². The average molecular weight is 718 g/mol. The molecule has 4 rings (SSSR count). The summed E-state index contributed by atoms with van der Waals surface area (Å²) >= 11 is 0. The predicted molar refractivity (Wildman–Crippen MR) is 235 cm³/mol. The molecule has 0 radical (unpaired) electrons. The largest absolute Gasteiger partial charge is 0.497 e. The topological polar surface area (TPSA) is 59.5 Å². The molecule has 1 aromatic heterocycles. The van der Waals surface area contributed by atoms with E-state index in [-0.39, 0.29) is 0 Å². The molecule has 0 amide bonds. The third-order valence-corrected chi connectivity index (χ3v) is 7.91. The van der Waals surface area contributed by atoms with Gasteiger partial charge in [0.1, 0.15) is 18.1 Å². The molecule has 1 aromatic carbocycles. The summed E-state index contributed by atoms with van der Waals surface area (Å²) in [7, 11) is 1.72. The van der Waals surface area contributed by atoms with Crippen molar-refractivity contribution in [1.82, 2.24) is 0 Å². The monoisotopic (exact) mass is 717 g/mol. The molecular formula is C49H55N3O2. The molecule has 2 aliphatic rings. The quantitative estimate of drug-likeness (QED) is 0.0950. The Morgan fingerprint density at radius 1 is 1.00 bits per heavy atom. The highest BCUT2D eigenvalue weighted by Crippen LogP contribution is 2.32. The smallest absolute Gasteiger partial charge is 0.161 e. The molecule has 0 fully saturated rings. The molecule has 5 nitrogen and oxygen atoms in total. The summed E-state index contributed by atoms with van der Waals surface area (Å²) in [4.78, 5) is 14.4. The van der Waals surface area contributed by atoms with Crippen molar-refractivity contribution in [3.8, 4) is 0 Å². The fourth-order valence-corrected chi connectivity index (χ4v) is 5.26. The van der Waals surface area contributed by atoms with E-state index in [1.54, 1.807) is 13.3 Å². The highest BCUT2D eigenvalue weighted by Gasteiger charge is 2.17. The Morgan fingerprint density at radius 3 is 2.56 bits per heavy atom. The maximum atomic E-state index is 6.56. The predicted octanol–water partition coefficient (Wildman–Crippen LogP) is 12.9. The van der Waals surface area contributed by atoms with Crippen LogP contribution >= 0.6 is 0 Å². The van der Waals surface area contributed by atoms with Gasteiger partial charge in [0.15, 0.2) is 11.7 Å². The number of furan rings is 1. The molecule has 2 aromatic rings. The van der Waals surface area contributed by atoms with Crippen LogP contribution in [0, 0.1) is 0 Å². The molecular weight excluding hydrogens is 663 g/mol. The number of aliphatic imine (C=N–C) groups is 3. The van der Waals surface area contributed by atoms with Crippen molar-refractivity contribution in [2.45, 2.75) is 53.4 Å². The minimum atomic E-state index is 0.446. The van der Waals surface area contributed by atoms with Gasteiger partial charge in [-0.1, -0.05) is 155 Å². The molecule has 0 atom stereocenters. The minimum absolute atomic E-state index is 0.446. The summed E-state index contributed by atoms with van der Waals surface area (Å²) in [6.45, 7) is 21.2. The molecule has 5 heteroatoms. The first kappa shape index (κ1) is 42.3. The van der Waals surface area contributed by atoms with Crippen LogP contribution < -0.4 is 0 Å². The summed E-state index contributed by atoms with van der Waals surface area (Å²) < 4.78 is 12.4. The standard InChI is InChI=1S/C47H49N3O2.C2H6/c1-7-10-25-42-33-45(52-44(42)21-8-2)43(40(9-3)29-28-39-31-36(4)22-15-14-20-30-51-35-39)32-37(5)46(48-6)50-47(41-26-18-13-19-27-41)49-34-38-23-16-11-12-17-24-38;1-2/h8-11,13-20,22-29,32-35H,2,4-5,7,12,21,30-31H2,1,3,6H3;1-2H3/b20-14-,22-15-,25-10-,29-28-,39-35-,40-9+,43-32-,48-46?,49-34?,50-47?;. The minimum Gasteiger partial charge on any atom is -0.497 e. The molecule has 278 valence electrons. The first-order chi connectivity index (χ1) is 26.4. The lowest BCUT2D eigenvalue weighted by Gasteiger charge is -2.10. The Balaban J connectivity index is 0.00000385. The fourth-order valence-electron chi connectivity index (χ4n) is 5.26. The normalized spacial score (nSPS) is 18.1. The number of allylic oxidation sites excluding steroid dienone is 18. The van der Waals surface area contributed by atoms with Crippen LogP contribution in [0.3, 0.4) is 0 Å². The van der Waals surface area contributed by atoms with E-state index in [0.717, 1.165) is 57.6 Å². The lowest BCUT2D eigenvalue weighted by Crippen LogP contribution is -2.06. The number of hydrogen-bond donors (Lipinski definition) is 0. The lowest BCUT2D eigenvalue weighted by atomic mass is 9.97. The second-order valence-corrected chi connectivity index (χ2v) is 11.9. The highest BCUT2D eigenvalue weighted by molar-refractivity contribution is 6.15. The number of amidine groups is 2. The van der Waals surface area contributed by atoms with Crippen LogP contribution in [0.15, 0.2) is 201 Å².